The van der Waals surface area contributed by atoms with E-state index in [0.29, 0.717) is 44.8 Å². The van der Waals surface area contributed by atoms with Crippen molar-refractivity contribution >= 4 is 16.6 Å². The van der Waals surface area contributed by atoms with Crippen LogP contribution >= 0.6 is 0 Å². The molecule has 0 spiro atoms. The molecule has 23 heavy (non-hydrogen) atoms. The first-order valence-electron chi connectivity index (χ1n) is 6.97. The zero-order valence-corrected chi connectivity index (χ0v) is 12.5. The van der Waals surface area contributed by atoms with Gasteiger partial charge in [0.05, 0.1) is 42.1 Å². The molecule has 0 aliphatic heterocycles. The number of nitrogens with one attached hydrogen (secondary N) is 1. The van der Waals surface area contributed by atoms with Gasteiger partial charge < -0.3 is 14.5 Å². The lowest BCUT2D eigenvalue weighted by Gasteiger charge is -2.10. The molecule has 114 valence electrons. The van der Waals surface area contributed by atoms with Gasteiger partial charge in [-0.15, -0.1) is 0 Å². The van der Waals surface area contributed by atoms with E-state index < -0.39 is 0 Å². The maximum Gasteiger partial charge on any atom is 0.256 e. The molecule has 1 N–H and O–H groups in total. The third-order valence-corrected chi connectivity index (χ3v) is 4.04. The van der Waals surface area contributed by atoms with Gasteiger partial charge in [0.2, 0.25) is 0 Å². The fourth-order valence-electron chi connectivity index (χ4n) is 2.99. The molecule has 3 aromatic rings. The highest BCUT2D eigenvalue weighted by molar-refractivity contribution is 6.26. The van der Waals surface area contributed by atoms with Crippen LogP contribution in [0.15, 0.2) is 35.3 Å². The molecule has 2 aromatic heterocycles. The van der Waals surface area contributed by atoms with E-state index in [2.05, 4.69) is 9.97 Å². The Labute approximate surface area is 130 Å². The van der Waals surface area contributed by atoms with Gasteiger partial charge in [0.25, 0.3) is 5.56 Å². The Hall–Kier alpha value is -3.15. The summed E-state index contributed by atoms with van der Waals surface area (Å²) in [5, 5.41) is 0.909. The molecular formula is C17H12N2O4. The number of carbonyl (C=O) groups excluding carboxylic acids is 1. The molecule has 2 heterocycles. The largest absolute Gasteiger partial charge is 0.493 e. The van der Waals surface area contributed by atoms with E-state index in [4.69, 9.17) is 9.47 Å². The van der Waals surface area contributed by atoms with Gasteiger partial charge in [0.15, 0.2) is 17.3 Å². The zero-order chi connectivity index (χ0) is 16.1. The number of hydrogen-bond donors (Lipinski definition) is 1. The van der Waals surface area contributed by atoms with E-state index in [9.17, 15) is 9.59 Å². The highest BCUT2D eigenvalue weighted by Crippen LogP contribution is 2.39. The van der Waals surface area contributed by atoms with Crippen LogP contribution in [-0.2, 0) is 0 Å². The Kier molecular flexibility index (Phi) is 2.74. The van der Waals surface area contributed by atoms with Crippen molar-refractivity contribution in [3.8, 4) is 22.9 Å². The lowest BCUT2D eigenvalue weighted by atomic mass is 10.0. The molecule has 1 aliphatic rings. The molecule has 0 saturated heterocycles. The van der Waals surface area contributed by atoms with Crippen molar-refractivity contribution in [3.05, 3.63) is 51.9 Å². The Balaban J connectivity index is 2.16. The van der Waals surface area contributed by atoms with Crippen LogP contribution in [0.25, 0.3) is 22.2 Å². The van der Waals surface area contributed by atoms with Crippen molar-refractivity contribution in [2.75, 3.05) is 14.2 Å². The van der Waals surface area contributed by atoms with Crippen LogP contribution in [0, 0.1) is 0 Å². The van der Waals surface area contributed by atoms with Crippen LogP contribution in [0.5, 0.6) is 11.5 Å². The van der Waals surface area contributed by atoms with Crippen LogP contribution in [0.3, 0.4) is 0 Å². The highest BCUT2D eigenvalue weighted by atomic mass is 16.5. The first kappa shape index (κ1) is 13.5. The summed E-state index contributed by atoms with van der Waals surface area (Å²) in [4.78, 5) is 32.2. The first-order chi connectivity index (χ1) is 11.2. The topological polar surface area (TPSA) is 81.3 Å². The molecule has 0 radical (unpaired) electrons. The standard InChI is InChI=1S/C17H12N2O4/c1-22-11-6-9-10(7-12(11)23-2)17(21)19-15-13(9)16(20)8-4-3-5-18-14(8)15/h3-7H,1-2H3,(H,19,21). The number of aromatic nitrogens is 2. The zero-order valence-electron chi connectivity index (χ0n) is 12.5. The minimum atomic E-state index is -0.300. The van der Waals surface area contributed by atoms with E-state index >= 15 is 0 Å². The minimum Gasteiger partial charge on any atom is -0.493 e. The van der Waals surface area contributed by atoms with Gasteiger partial charge in [-0.3, -0.25) is 14.6 Å². The number of pyridine rings is 2. The quantitative estimate of drug-likeness (QED) is 0.613. The highest BCUT2D eigenvalue weighted by Gasteiger charge is 2.31. The van der Waals surface area contributed by atoms with Gasteiger partial charge in [0, 0.05) is 11.6 Å². The number of fused-ring (bicyclic) bond motifs is 5. The lowest BCUT2D eigenvalue weighted by Crippen LogP contribution is -2.10. The first-order valence-corrected chi connectivity index (χ1v) is 6.97. The van der Waals surface area contributed by atoms with Gasteiger partial charge in [-0.1, -0.05) is 0 Å². The normalized spacial score (nSPS) is 12.2. The third-order valence-electron chi connectivity index (χ3n) is 4.04. The number of ether oxygens (including phenoxy) is 2. The Morgan fingerprint density at radius 3 is 2.43 bits per heavy atom. The van der Waals surface area contributed by atoms with Gasteiger partial charge in [-0.2, -0.15) is 0 Å². The molecule has 1 aliphatic carbocycles. The SMILES string of the molecule is COc1cc2c3c([nH]c(=O)c2cc1OC)-c1ncccc1C3=O. The molecule has 0 atom stereocenters. The van der Waals surface area contributed by atoms with Crippen LogP contribution in [0.4, 0.5) is 0 Å². The predicted molar refractivity (Wildman–Crippen MR) is 84.3 cm³/mol. The molecular weight excluding hydrogens is 296 g/mol. The summed E-state index contributed by atoms with van der Waals surface area (Å²) in [6, 6.07) is 6.64. The van der Waals surface area contributed by atoms with Gasteiger partial charge in [-0.05, 0) is 24.3 Å². The number of aromatic amines is 1. The molecule has 0 amide bonds. The lowest BCUT2D eigenvalue weighted by molar-refractivity contribution is 0.104. The number of carbonyl (C=O) groups is 1. The summed E-state index contributed by atoms with van der Waals surface area (Å²) in [5.41, 5.74) is 1.58. The summed E-state index contributed by atoms with van der Waals surface area (Å²) in [6.45, 7) is 0. The van der Waals surface area contributed by atoms with Crippen molar-refractivity contribution in [2.24, 2.45) is 0 Å². The number of hydrogen-bond acceptors (Lipinski definition) is 5. The van der Waals surface area contributed by atoms with Crippen molar-refractivity contribution in [3.63, 3.8) is 0 Å². The number of ketones is 1. The fraction of sp³-hybridized carbons (Fsp3) is 0.118. The summed E-state index contributed by atoms with van der Waals surface area (Å²) in [6.07, 6.45) is 1.60. The fourth-order valence-corrected chi connectivity index (χ4v) is 2.99. The number of H-pyrrole nitrogens is 1. The van der Waals surface area contributed by atoms with E-state index in [-0.39, 0.29) is 11.3 Å². The van der Waals surface area contributed by atoms with Gasteiger partial charge >= 0.3 is 0 Å². The Bertz CT molecular complexity index is 1040. The molecule has 0 saturated carbocycles. The maximum absolute atomic E-state index is 12.7. The summed E-state index contributed by atoms with van der Waals surface area (Å²) < 4.78 is 10.5. The van der Waals surface area contributed by atoms with Crippen LogP contribution in [-0.4, -0.2) is 30.0 Å². The van der Waals surface area contributed by atoms with Crippen molar-refractivity contribution in [1.82, 2.24) is 9.97 Å². The maximum atomic E-state index is 12.7. The second-order valence-electron chi connectivity index (χ2n) is 5.19. The Morgan fingerprint density at radius 1 is 1.04 bits per heavy atom. The monoisotopic (exact) mass is 308 g/mol. The average molecular weight is 308 g/mol. The second kappa shape index (κ2) is 4.67. The minimum absolute atomic E-state index is 0.156. The summed E-state index contributed by atoms with van der Waals surface area (Å²) >= 11 is 0. The summed E-state index contributed by atoms with van der Waals surface area (Å²) in [7, 11) is 3.01. The van der Waals surface area contributed by atoms with Crippen LogP contribution in [0.2, 0.25) is 0 Å². The summed E-state index contributed by atoms with van der Waals surface area (Å²) in [5.74, 6) is 0.743. The van der Waals surface area contributed by atoms with Gasteiger partial charge in [0.1, 0.15) is 0 Å². The molecule has 4 rings (SSSR count). The van der Waals surface area contributed by atoms with Crippen molar-refractivity contribution < 1.29 is 14.3 Å². The molecule has 1 aromatic carbocycles. The van der Waals surface area contributed by atoms with Crippen molar-refractivity contribution in [2.45, 2.75) is 0 Å². The number of methoxy groups -OCH3 is 2. The Morgan fingerprint density at radius 2 is 1.74 bits per heavy atom. The molecule has 0 fully saturated rings. The van der Waals surface area contributed by atoms with E-state index in [1.54, 1.807) is 30.5 Å². The second-order valence-corrected chi connectivity index (χ2v) is 5.19. The smallest absolute Gasteiger partial charge is 0.256 e. The number of rotatable bonds is 2. The van der Waals surface area contributed by atoms with E-state index in [0.717, 1.165) is 0 Å². The van der Waals surface area contributed by atoms with Crippen LogP contribution in [0.1, 0.15) is 15.9 Å². The predicted octanol–water partition coefficient (Wildman–Crippen LogP) is 2.15. The number of nitrogens with zero attached hydrogens (tertiary/aromatic N) is 1. The number of benzene rings is 1. The van der Waals surface area contributed by atoms with E-state index in [1.807, 2.05) is 0 Å². The molecule has 0 bridgehead atoms. The molecule has 6 nitrogen and oxygen atoms in total. The van der Waals surface area contributed by atoms with Gasteiger partial charge in [-0.25, -0.2) is 0 Å². The van der Waals surface area contributed by atoms with E-state index in [1.165, 1.54) is 14.2 Å². The third kappa shape index (κ3) is 1.72. The molecule has 0 unspecified atom stereocenters. The van der Waals surface area contributed by atoms with Crippen LogP contribution < -0.4 is 15.0 Å². The van der Waals surface area contributed by atoms with Crippen molar-refractivity contribution in [1.29, 1.82) is 0 Å². The average Bonchev–Trinajstić information content (AvgIpc) is 2.87. The molecule has 6 heteroatoms.